The molecule has 0 bridgehead atoms. The van der Waals surface area contributed by atoms with Crippen LogP contribution in [-0.4, -0.2) is 36.9 Å². The Hall–Kier alpha value is -1.50. The average molecular weight is 237 g/mol. The van der Waals surface area contributed by atoms with E-state index in [2.05, 4.69) is 16.0 Å². The fourth-order valence-corrected chi connectivity index (χ4v) is 0.853. The highest BCUT2D eigenvalue weighted by atomic mass is 35.5. The zero-order valence-electron chi connectivity index (χ0n) is 8.01. The van der Waals surface area contributed by atoms with Gasteiger partial charge in [0, 0.05) is 25.4 Å². The molecule has 0 aromatic carbocycles. The van der Waals surface area contributed by atoms with E-state index in [0.717, 1.165) is 0 Å². The Morgan fingerprint density at radius 2 is 1.73 bits per heavy atom. The van der Waals surface area contributed by atoms with Crippen LogP contribution in [0.2, 0.25) is 0 Å². The third kappa shape index (κ3) is 8.82. The molecule has 7 nitrogen and oxygen atoms in total. The number of amides is 5. The lowest BCUT2D eigenvalue weighted by Crippen LogP contribution is -2.43. The summed E-state index contributed by atoms with van der Waals surface area (Å²) in [6, 6.07) is -1.30. The number of nitrogens with one attached hydrogen (secondary N) is 3. The van der Waals surface area contributed by atoms with E-state index in [4.69, 9.17) is 17.3 Å². The Morgan fingerprint density at radius 3 is 2.27 bits per heavy atom. The maximum absolute atomic E-state index is 10.9. The summed E-state index contributed by atoms with van der Waals surface area (Å²) in [7, 11) is 0. The van der Waals surface area contributed by atoms with Crippen molar-refractivity contribution in [3.63, 3.8) is 0 Å². The normalized spacial score (nSPS) is 9.13. The Labute approximate surface area is 91.7 Å². The topological polar surface area (TPSA) is 113 Å². The number of primary amides is 1. The minimum atomic E-state index is -0.671. The molecule has 0 atom stereocenters. The van der Waals surface area contributed by atoms with Crippen LogP contribution >= 0.6 is 11.6 Å². The maximum Gasteiger partial charge on any atom is 0.321 e. The van der Waals surface area contributed by atoms with Gasteiger partial charge < -0.3 is 16.4 Å². The number of halogens is 1. The van der Waals surface area contributed by atoms with Crippen LogP contribution in [0.1, 0.15) is 6.42 Å². The van der Waals surface area contributed by atoms with Gasteiger partial charge in [0.25, 0.3) is 0 Å². The number of imide groups is 1. The summed E-state index contributed by atoms with van der Waals surface area (Å²) in [6.45, 7) is 0.384. The molecule has 0 saturated carbocycles. The molecule has 0 unspecified atom stereocenters. The average Bonchev–Trinajstić information content (AvgIpc) is 2.12. The fourth-order valence-electron chi connectivity index (χ4n) is 0.681. The molecule has 0 aromatic heterocycles. The summed E-state index contributed by atoms with van der Waals surface area (Å²) in [5, 5.41) is 6.66. The highest BCUT2D eigenvalue weighted by molar-refractivity contribution is 6.19. The monoisotopic (exact) mass is 236 g/mol. The number of carbonyl (C=O) groups is 3. The van der Waals surface area contributed by atoms with Crippen molar-refractivity contribution in [3.05, 3.63) is 0 Å². The van der Waals surface area contributed by atoms with Gasteiger partial charge in [-0.25, -0.2) is 9.59 Å². The third-order valence-electron chi connectivity index (χ3n) is 1.28. The summed E-state index contributed by atoms with van der Waals surface area (Å²) < 4.78 is 0. The molecule has 0 rings (SSSR count). The molecular weight excluding hydrogens is 224 g/mol. The van der Waals surface area contributed by atoms with Crippen molar-refractivity contribution < 1.29 is 14.4 Å². The predicted molar refractivity (Wildman–Crippen MR) is 54.5 cm³/mol. The zero-order valence-corrected chi connectivity index (χ0v) is 8.76. The van der Waals surface area contributed by atoms with Gasteiger partial charge in [0.1, 0.15) is 0 Å². The molecule has 0 aliphatic heterocycles. The number of hydrogen-bond donors (Lipinski definition) is 4. The van der Waals surface area contributed by atoms with Gasteiger partial charge in [-0.15, -0.1) is 11.6 Å². The SMILES string of the molecule is NC(=O)NCCNC(=O)NC(=O)CCCl. The number of alkyl halides is 1. The lowest BCUT2D eigenvalue weighted by molar-refractivity contribution is -0.119. The zero-order chi connectivity index (χ0) is 11.7. The quantitative estimate of drug-likeness (QED) is 0.367. The molecule has 0 fully saturated rings. The minimum absolute atomic E-state index is 0.0779. The molecule has 0 aliphatic rings. The molecule has 0 saturated heterocycles. The first-order valence-corrected chi connectivity index (χ1v) is 4.76. The largest absolute Gasteiger partial charge is 0.352 e. The number of carbonyl (C=O) groups excluding carboxylic acids is 3. The molecule has 8 heteroatoms. The van der Waals surface area contributed by atoms with Crippen LogP contribution in [0, 0.1) is 0 Å². The van der Waals surface area contributed by atoms with Gasteiger partial charge >= 0.3 is 12.1 Å². The molecule has 86 valence electrons. The molecule has 0 spiro atoms. The lowest BCUT2D eigenvalue weighted by Gasteiger charge is -2.05. The van der Waals surface area contributed by atoms with Crippen LogP contribution in [0.5, 0.6) is 0 Å². The molecule has 0 aromatic rings. The first-order valence-electron chi connectivity index (χ1n) is 4.23. The minimum Gasteiger partial charge on any atom is -0.352 e. The van der Waals surface area contributed by atoms with Crippen molar-refractivity contribution in [1.29, 1.82) is 0 Å². The Bertz CT molecular complexity index is 246. The van der Waals surface area contributed by atoms with E-state index >= 15 is 0 Å². The van der Waals surface area contributed by atoms with E-state index in [1.54, 1.807) is 0 Å². The van der Waals surface area contributed by atoms with E-state index in [-0.39, 0.29) is 25.4 Å². The number of rotatable bonds is 5. The van der Waals surface area contributed by atoms with Crippen LogP contribution in [-0.2, 0) is 4.79 Å². The second-order valence-electron chi connectivity index (χ2n) is 2.53. The number of urea groups is 2. The van der Waals surface area contributed by atoms with Crippen LogP contribution in [0.15, 0.2) is 0 Å². The van der Waals surface area contributed by atoms with Crippen LogP contribution in [0.25, 0.3) is 0 Å². The highest BCUT2D eigenvalue weighted by Gasteiger charge is 2.05. The van der Waals surface area contributed by atoms with Gasteiger partial charge in [-0.3, -0.25) is 10.1 Å². The fraction of sp³-hybridized carbons (Fsp3) is 0.571. The first kappa shape index (κ1) is 13.5. The highest BCUT2D eigenvalue weighted by Crippen LogP contribution is 1.83. The van der Waals surface area contributed by atoms with Gasteiger partial charge in [0.15, 0.2) is 0 Å². The van der Waals surface area contributed by atoms with Crippen molar-refractivity contribution >= 4 is 29.6 Å². The van der Waals surface area contributed by atoms with Gasteiger partial charge in [-0.05, 0) is 0 Å². The molecule has 0 heterocycles. The van der Waals surface area contributed by atoms with Crippen molar-refractivity contribution in [2.45, 2.75) is 6.42 Å². The Balaban J connectivity index is 3.49. The smallest absolute Gasteiger partial charge is 0.321 e. The number of nitrogens with two attached hydrogens (primary N) is 1. The van der Waals surface area contributed by atoms with Crippen molar-refractivity contribution in [2.75, 3.05) is 19.0 Å². The van der Waals surface area contributed by atoms with E-state index in [9.17, 15) is 14.4 Å². The molecule has 5 amide bonds. The summed E-state index contributed by atoms with van der Waals surface area (Å²) in [6.07, 6.45) is 0.0779. The Morgan fingerprint density at radius 1 is 1.13 bits per heavy atom. The van der Waals surface area contributed by atoms with E-state index in [1.807, 2.05) is 0 Å². The lowest BCUT2D eigenvalue weighted by atomic mass is 10.4. The van der Waals surface area contributed by atoms with Gasteiger partial charge in [-0.1, -0.05) is 0 Å². The second-order valence-corrected chi connectivity index (χ2v) is 2.91. The first-order chi connectivity index (χ1) is 7.06. The maximum atomic E-state index is 10.9. The van der Waals surface area contributed by atoms with Crippen LogP contribution < -0.4 is 21.7 Å². The molecular formula is C7H13ClN4O3. The molecule has 0 aliphatic carbocycles. The van der Waals surface area contributed by atoms with Gasteiger partial charge in [-0.2, -0.15) is 0 Å². The second kappa shape index (κ2) is 7.86. The van der Waals surface area contributed by atoms with E-state index in [0.29, 0.717) is 0 Å². The van der Waals surface area contributed by atoms with Crippen molar-refractivity contribution in [3.8, 4) is 0 Å². The predicted octanol–water partition coefficient (Wildman–Crippen LogP) is -0.891. The summed E-state index contributed by atoms with van der Waals surface area (Å²) >= 11 is 5.29. The molecule has 0 radical (unpaired) electrons. The summed E-state index contributed by atoms with van der Waals surface area (Å²) in [4.78, 5) is 32.0. The third-order valence-corrected chi connectivity index (χ3v) is 1.47. The van der Waals surface area contributed by atoms with Crippen LogP contribution in [0.3, 0.4) is 0 Å². The van der Waals surface area contributed by atoms with Gasteiger partial charge in [0.2, 0.25) is 5.91 Å². The van der Waals surface area contributed by atoms with E-state index < -0.39 is 18.0 Å². The van der Waals surface area contributed by atoms with Crippen molar-refractivity contribution in [1.82, 2.24) is 16.0 Å². The van der Waals surface area contributed by atoms with Gasteiger partial charge in [0.05, 0.1) is 0 Å². The standard InChI is InChI=1S/C7H13ClN4O3/c8-2-1-5(13)12-7(15)11-4-3-10-6(9)14/h1-4H2,(H3,9,10,14)(H2,11,12,13,15). The number of hydrogen-bond acceptors (Lipinski definition) is 3. The van der Waals surface area contributed by atoms with Crippen molar-refractivity contribution in [2.24, 2.45) is 5.73 Å². The molecule has 15 heavy (non-hydrogen) atoms. The molecule has 5 N–H and O–H groups in total. The summed E-state index contributed by atoms with van der Waals surface area (Å²) in [5.41, 5.74) is 4.78. The summed E-state index contributed by atoms with van der Waals surface area (Å²) in [5.74, 6) is -0.298. The van der Waals surface area contributed by atoms with E-state index in [1.165, 1.54) is 0 Å². The Kier molecular flexibility index (Phi) is 7.08. The van der Waals surface area contributed by atoms with Crippen LogP contribution in [0.4, 0.5) is 9.59 Å².